The second-order valence-electron chi connectivity index (χ2n) is 5.53. The summed E-state index contributed by atoms with van der Waals surface area (Å²) in [4.78, 5) is 13.9. The summed E-state index contributed by atoms with van der Waals surface area (Å²) in [6, 6.07) is 7.80. The molecule has 102 valence electrons. The normalized spacial score (nSPS) is 21.7. The minimum absolute atomic E-state index is 0.220. The van der Waals surface area contributed by atoms with E-state index in [4.69, 9.17) is 10.5 Å². The van der Waals surface area contributed by atoms with Crippen molar-refractivity contribution in [2.75, 3.05) is 11.4 Å². The first-order valence-corrected chi connectivity index (χ1v) is 7.03. The number of carbonyl (C=O) groups is 1. The van der Waals surface area contributed by atoms with Gasteiger partial charge in [-0.05, 0) is 37.3 Å². The van der Waals surface area contributed by atoms with Crippen LogP contribution < -0.4 is 10.6 Å². The van der Waals surface area contributed by atoms with E-state index in [-0.39, 0.29) is 11.7 Å². The summed E-state index contributed by atoms with van der Waals surface area (Å²) in [5.41, 5.74) is 7.40. The lowest BCUT2D eigenvalue weighted by Crippen LogP contribution is -2.36. The molecular formula is C15H20N2O2. The van der Waals surface area contributed by atoms with E-state index in [1.807, 2.05) is 24.3 Å². The lowest BCUT2D eigenvalue weighted by atomic mass is 9.85. The molecule has 1 amide bonds. The summed E-state index contributed by atoms with van der Waals surface area (Å²) in [6.45, 7) is 1.11. The molecular weight excluding hydrogens is 240 g/mol. The van der Waals surface area contributed by atoms with Gasteiger partial charge < -0.3 is 10.5 Å². The van der Waals surface area contributed by atoms with Crippen molar-refractivity contribution in [3.63, 3.8) is 0 Å². The highest BCUT2D eigenvalue weighted by Crippen LogP contribution is 2.39. The van der Waals surface area contributed by atoms with Crippen molar-refractivity contribution in [3.05, 3.63) is 29.8 Å². The first kappa shape index (κ1) is 12.5. The molecule has 1 aliphatic carbocycles. The summed E-state index contributed by atoms with van der Waals surface area (Å²) >= 11 is 0. The van der Waals surface area contributed by atoms with Gasteiger partial charge in [0.1, 0.15) is 5.60 Å². The minimum Gasteiger partial charge on any atom is -0.441 e. The first-order valence-electron chi connectivity index (χ1n) is 7.03. The Labute approximate surface area is 113 Å². The second-order valence-corrected chi connectivity index (χ2v) is 5.53. The summed E-state index contributed by atoms with van der Waals surface area (Å²) < 4.78 is 5.70. The molecule has 4 heteroatoms. The second kappa shape index (κ2) is 4.85. The molecule has 0 atom stereocenters. The van der Waals surface area contributed by atoms with Crippen LogP contribution >= 0.6 is 0 Å². The average molecular weight is 260 g/mol. The SMILES string of the molecule is NCc1ccccc1N1CC2(CCCCC2)OC1=O. The molecule has 1 aromatic rings. The van der Waals surface area contributed by atoms with E-state index in [0.29, 0.717) is 13.1 Å². The number of nitrogens with zero attached hydrogens (tertiary/aromatic N) is 1. The number of hydrogen-bond donors (Lipinski definition) is 1. The summed E-state index contributed by atoms with van der Waals surface area (Å²) in [5.74, 6) is 0. The van der Waals surface area contributed by atoms with E-state index < -0.39 is 0 Å². The summed E-state index contributed by atoms with van der Waals surface area (Å²) in [7, 11) is 0. The molecule has 1 spiro atoms. The fourth-order valence-corrected chi connectivity index (χ4v) is 3.21. The number of rotatable bonds is 2. The van der Waals surface area contributed by atoms with Gasteiger partial charge in [-0.15, -0.1) is 0 Å². The van der Waals surface area contributed by atoms with Crippen molar-refractivity contribution in [1.82, 2.24) is 0 Å². The molecule has 2 fully saturated rings. The van der Waals surface area contributed by atoms with Gasteiger partial charge in [-0.1, -0.05) is 24.6 Å². The number of hydrogen-bond acceptors (Lipinski definition) is 3. The fraction of sp³-hybridized carbons (Fsp3) is 0.533. The average Bonchev–Trinajstić information content (AvgIpc) is 2.76. The maximum atomic E-state index is 12.2. The van der Waals surface area contributed by atoms with Crippen molar-refractivity contribution in [2.24, 2.45) is 5.73 Å². The molecule has 1 heterocycles. The largest absolute Gasteiger partial charge is 0.441 e. The van der Waals surface area contributed by atoms with Gasteiger partial charge in [0.05, 0.1) is 12.2 Å². The zero-order valence-electron chi connectivity index (χ0n) is 11.1. The third kappa shape index (κ3) is 2.21. The molecule has 1 saturated carbocycles. The van der Waals surface area contributed by atoms with Gasteiger partial charge in [0.2, 0.25) is 0 Å². The quantitative estimate of drug-likeness (QED) is 0.889. The number of benzene rings is 1. The third-order valence-corrected chi connectivity index (χ3v) is 4.24. The Hall–Kier alpha value is -1.55. The Morgan fingerprint density at radius 2 is 1.95 bits per heavy atom. The predicted molar refractivity (Wildman–Crippen MR) is 74.0 cm³/mol. The monoisotopic (exact) mass is 260 g/mol. The van der Waals surface area contributed by atoms with Gasteiger partial charge in [0.15, 0.2) is 0 Å². The fourth-order valence-electron chi connectivity index (χ4n) is 3.21. The van der Waals surface area contributed by atoms with E-state index in [0.717, 1.165) is 36.9 Å². The molecule has 0 unspecified atom stereocenters. The standard InChI is InChI=1S/C15H20N2O2/c16-10-12-6-2-3-7-13(12)17-11-15(19-14(17)18)8-4-1-5-9-15/h2-3,6-7H,1,4-5,8-11,16H2. The maximum Gasteiger partial charge on any atom is 0.415 e. The van der Waals surface area contributed by atoms with E-state index in [9.17, 15) is 4.79 Å². The molecule has 0 radical (unpaired) electrons. The molecule has 2 aliphatic rings. The van der Waals surface area contributed by atoms with Crippen LogP contribution in [0.25, 0.3) is 0 Å². The molecule has 3 rings (SSSR count). The Morgan fingerprint density at radius 1 is 1.21 bits per heavy atom. The van der Waals surface area contributed by atoms with Gasteiger partial charge in [-0.2, -0.15) is 0 Å². The molecule has 0 aromatic heterocycles. The Morgan fingerprint density at radius 3 is 2.68 bits per heavy atom. The Bertz CT molecular complexity index is 481. The highest BCUT2D eigenvalue weighted by Gasteiger charge is 2.46. The molecule has 1 saturated heterocycles. The summed E-state index contributed by atoms with van der Waals surface area (Å²) in [6.07, 6.45) is 5.31. The van der Waals surface area contributed by atoms with E-state index in [1.165, 1.54) is 6.42 Å². The van der Waals surface area contributed by atoms with Crippen LogP contribution in [0.2, 0.25) is 0 Å². The third-order valence-electron chi connectivity index (χ3n) is 4.24. The van der Waals surface area contributed by atoms with Crippen LogP contribution in [-0.2, 0) is 11.3 Å². The van der Waals surface area contributed by atoms with Crippen LogP contribution in [0.15, 0.2) is 24.3 Å². The number of nitrogens with two attached hydrogens (primary N) is 1. The van der Waals surface area contributed by atoms with Crippen molar-refractivity contribution < 1.29 is 9.53 Å². The van der Waals surface area contributed by atoms with Crippen LogP contribution in [0.3, 0.4) is 0 Å². The number of carbonyl (C=O) groups excluding carboxylic acids is 1. The van der Waals surface area contributed by atoms with Crippen LogP contribution in [0.1, 0.15) is 37.7 Å². The zero-order chi connectivity index (χ0) is 13.3. The number of ether oxygens (including phenoxy) is 1. The number of amides is 1. The van der Waals surface area contributed by atoms with Crippen molar-refractivity contribution in [1.29, 1.82) is 0 Å². The zero-order valence-corrected chi connectivity index (χ0v) is 11.1. The topological polar surface area (TPSA) is 55.6 Å². The summed E-state index contributed by atoms with van der Waals surface area (Å²) in [5, 5.41) is 0. The highest BCUT2D eigenvalue weighted by atomic mass is 16.6. The number of anilines is 1. The van der Waals surface area contributed by atoms with Gasteiger partial charge >= 0.3 is 6.09 Å². The van der Waals surface area contributed by atoms with Crippen molar-refractivity contribution in [2.45, 2.75) is 44.2 Å². The van der Waals surface area contributed by atoms with Crippen LogP contribution in [0.5, 0.6) is 0 Å². The van der Waals surface area contributed by atoms with E-state index >= 15 is 0 Å². The lowest BCUT2D eigenvalue weighted by molar-refractivity contribution is 0.0260. The van der Waals surface area contributed by atoms with Gasteiger partial charge in [0, 0.05) is 6.54 Å². The van der Waals surface area contributed by atoms with E-state index in [2.05, 4.69) is 0 Å². The highest BCUT2D eigenvalue weighted by molar-refractivity contribution is 5.91. The number of para-hydroxylation sites is 1. The Balaban J connectivity index is 1.87. The van der Waals surface area contributed by atoms with Gasteiger partial charge in [-0.3, -0.25) is 4.90 Å². The van der Waals surface area contributed by atoms with Crippen molar-refractivity contribution in [3.8, 4) is 0 Å². The van der Waals surface area contributed by atoms with E-state index in [1.54, 1.807) is 4.90 Å². The lowest BCUT2D eigenvalue weighted by Gasteiger charge is -2.30. The molecule has 4 nitrogen and oxygen atoms in total. The van der Waals surface area contributed by atoms with Gasteiger partial charge in [0.25, 0.3) is 0 Å². The minimum atomic E-state index is -0.253. The van der Waals surface area contributed by atoms with Crippen LogP contribution in [0.4, 0.5) is 10.5 Å². The Kier molecular flexibility index (Phi) is 3.19. The van der Waals surface area contributed by atoms with Gasteiger partial charge in [-0.25, -0.2) is 4.79 Å². The van der Waals surface area contributed by atoms with Crippen LogP contribution in [-0.4, -0.2) is 18.2 Å². The maximum absolute atomic E-state index is 12.2. The predicted octanol–water partition coefficient (Wildman–Crippen LogP) is 2.80. The molecule has 19 heavy (non-hydrogen) atoms. The molecule has 1 aliphatic heterocycles. The van der Waals surface area contributed by atoms with Crippen LogP contribution in [0, 0.1) is 0 Å². The molecule has 2 N–H and O–H groups in total. The molecule has 1 aromatic carbocycles. The van der Waals surface area contributed by atoms with Crippen molar-refractivity contribution >= 4 is 11.8 Å². The first-order chi connectivity index (χ1) is 9.24. The molecule has 0 bridgehead atoms. The smallest absolute Gasteiger partial charge is 0.415 e.